The Morgan fingerprint density at radius 2 is 1.74 bits per heavy atom. The van der Waals surface area contributed by atoms with Crippen LogP contribution in [-0.4, -0.2) is 32.2 Å². The highest BCUT2D eigenvalue weighted by Gasteiger charge is 2.14. The number of amides is 1. The molecular weight excluding hydrogens is 318 g/mol. The number of carbonyl (C=O) groups excluding carboxylic acids is 1. The predicted octanol–water partition coefficient (Wildman–Crippen LogP) is 3.12. The number of methoxy groups -OCH3 is 2. The van der Waals surface area contributed by atoms with Crippen LogP contribution in [-0.2, 0) is 0 Å². The molecular formula is C16H20ClN3O3. The Labute approximate surface area is 141 Å². The second-order valence-corrected chi connectivity index (χ2v) is 4.64. The van der Waals surface area contributed by atoms with Crippen LogP contribution in [0.3, 0.4) is 0 Å². The average molecular weight is 338 g/mol. The van der Waals surface area contributed by atoms with Gasteiger partial charge < -0.3 is 20.1 Å². The summed E-state index contributed by atoms with van der Waals surface area (Å²) < 4.78 is 10.6. The number of anilines is 2. The number of pyridine rings is 1. The van der Waals surface area contributed by atoms with Gasteiger partial charge >= 0.3 is 0 Å². The van der Waals surface area contributed by atoms with E-state index >= 15 is 0 Å². The third kappa shape index (κ3) is 4.26. The zero-order valence-corrected chi connectivity index (χ0v) is 14.3. The number of hydrogen-bond acceptors (Lipinski definition) is 5. The summed E-state index contributed by atoms with van der Waals surface area (Å²) in [6, 6.07) is 6.93. The Bertz CT molecular complexity index is 650. The summed E-state index contributed by atoms with van der Waals surface area (Å²) in [5.74, 6) is 1.69. The maximum absolute atomic E-state index is 12.4. The van der Waals surface area contributed by atoms with Crippen molar-refractivity contribution in [1.82, 2.24) is 4.98 Å². The third-order valence-electron chi connectivity index (χ3n) is 3.29. The number of ether oxygens (including phenoxy) is 2. The van der Waals surface area contributed by atoms with Crippen LogP contribution in [0.2, 0.25) is 0 Å². The number of halogens is 1. The van der Waals surface area contributed by atoms with Crippen LogP contribution in [0.4, 0.5) is 11.5 Å². The van der Waals surface area contributed by atoms with Gasteiger partial charge in [-0.05, 0) is 31.2 Å². The van der Waals surface area contributed by atoms with Crippen molar-refractivity contribution in [2.75, 3.05) is 31.9 Å². The summed E-state index contributed by atoms with van der Waals surface area (Å²) in [6.45, 7) is 1.87. The van der Waals surface area contributed by atoms with E-state index < -0.39 is 0 Å². The standard InChI is InChI=1S/C16H19N3O3.ClH/c1-10-13(21-3)7-11(8-14(10)22-4)16(20)19-12-5-6-15(17-2)18-9-12;/h5-9H,1-4H3,(H,17,18)(H,19,20);1H. The summed E-state index contributed by atoms with van der Waals surface area (Å²) in [4.78, 5) is 16.5. The van der Waals surface area contributed by atoms with Gasteiger partial charge in [-0.25, -0.2) is 4.98 Å². The van der Waals surface area contributed by atoms with Crippen LogP contribution < -0.4 is 20.1 Å². The van der Waals surface area contributed by atoms with Gasteiger partial charge in [0.1, 0.15) is 17.3 Å². The van der Waals surface area contributed by atoms with Gasteiger partial charge in [0.15, 0.2) is 0 Å². The molecule has 0 radical (unpaired) electrons. The zero-order valence-electron chi connectivity index (χ0n) is 13.5. The van der Waals surface area contributed by atoms with Crippen LogP contribution >= 0.6 is 12.4 Å². The first-order valence-corrected chi connectivity index (χ1v) is 6.76. The Kier molecular flexibility index (Phi) is 6.65. The first-order valence-electron chi connectivity index (χ1n) is 6.76. The number of hydrogen-bond donors (Lipinski definition) is 2. The van der Waals surface area contributed by atoms with E-state index in [0.29, 0.717) is 22.7 Å². The Hall–Kier alpha value is -2.47. The molecule has 1 aromatic carbocycles. The van der Waals surface area contributed by atoms with Gasteiger partial charge in [-0.3, -0.25) is 4.79 Å². The fraction of sp³-hybridized carbons (Fsp3) is 0.250. The Balaban J connectivity index is 0.00000264. The van der Waals surface area contributed by atoms with E-state index in [1.165, 1.54) is 0 Å². The van der Waals surface area contributed by atoms with E-state index in [1.807, 2.05) is 6.92 Å². The first kappa shape index (κ1) is 18.6. The molecule has 0 aliphatic rings. The summed E-state index contributed by atoms with van der Waals surface area (Å²) in [5.41, 5.74) is 1.92. The van der Waals surface area contributed by atoms with Gasteiger partial charge in [-0.15, -0.1) is 12.4 Å². The van der Waals surface area contributed by atoms with Gasteiger partial charge in [-0.2, -0.15) is 0 Å². The topological polar surface area (TPSA) is 72.5 Å². The van der Waals surface area contributed by atoms with E-state index in [1.54, 1.807) is 51.7 Å². The van der Waals surface area contributed by atoms with Crippen molar-refractivity contribution in [3.05, 3.63) is 41.6 Å². The van der Waals surface area contributed by atoms with Gasteiger partial charge in [0.25, 0.3) is 5.91 Å². The molecule has 2 aromatic rings. The molecule has 124 valence electrons. The van der Waals surface area contributed by atoms with Crippen molar-refractivity contribution in [2.24, 2.45) is 0 Å². The van der Waals surface area contributed by atoms with Crippen molar-refractivity contribution in [3.8, 4) is 11.5 Å². The second-order valence-electron chi connectivity index (χ2n) is 4.64. The number of benzene rings is 1. The predicted molar refractivity (Wildman–Crippen MR) is 93.3 cm³/mol. The number of rotatable bonds is 5. The van der Waals surface area contributed by atoms with E-state index in [9.17, 15) is 4.79 Å². The molecule has 1 heterocycles. The van der Waals surface area contributed by atoms with Crippen molar-refractivity contribution in [1.29, 1.82) is 0 Å². The van der Waals surface area contributed by atoms with Crippen molar-refractivity contribution >= 4 is 29.8 Å². The maximum Gasteiger partial charge on any atom is 0.255 e. The molecule has 2 rings (SSSR count). The Morgan fingerprint density at radius 1 is 1.13 bits per heavy atom. The van der Waals surface area contributed by atoms with Crippen molar-refractivity contribution in [2.45, 2.75) is 6.92 Å². The molecule has 1 amide bonds. The summed E-state index contributed by atoms with van der Waals surface area (Å²) >= 11 is 0. The second kappa shape index (κ2) is 8.24. The number of aromatic nitrogens is 1. The highest BCUT2D eigenvalue weighted by molar-refractivity contribution is 6.04. The minimum Gasteiger partial charge on any atom is -0.496 e. The number of nitrogens with zero attached hydrogens (tertiary/aromatic N) is 1. The minimum absolute atomic E-state index is 0. The molecule has 7 heteroatoms. The van der Waals surface area contributed by atoms with Gasteiger partial charge in [-0.1, -0.05) is 0 Å². The molecule has 0 saturated carbocycles. The normalized spacial score (nSPS) is 9.57. The number of nitrogens with one attached hydrogen (secondary N) is 2. The van der Waals surface area contributed by atoms with E-state index in [4.69, 9.17) is 9.47 Å². The molecule has 1 aromatic heterocycles. The largest absolute Gasteiger partial charge is 0.496 e. The third-order valence-corrected chi connectivity index (χ3v) is 3.29. The first-order chi connectivity index (χ1) is 10.6. The molecule has 0 saturated heterocycles. The van der Waals surface area contributed by atoms with Crippen LogP contribution in [0.15, 0.2) is 30.5 Å². The fourth-order valence-electron chi connectivity index (χ4n) is 2.04. The molecule has 23 heavy (non-hydrogen) atoms. The zero-order chi connectivity index (χ0) is 16.1. The molecule has 2 N–H and O–H groups in total. The van der Waals surface area contributed by atoms with Crippen LogP contribution in [0, 0.1) is 6.92 Å². The van der Waals surface area contributed by atoms with Crippen LogP contribution in [0.1, 0.15) is 15.9 Å². The molecule has 0 fully saturated rings. The Morgan fingerprint density at radius 3 is 2.17 bits per heavy atom. The lowest BCUT2D eigenvalue weighted by Crippen LogP contribution is -2.13. The lowest BCUT2D eigenvalue weighted by molar-refractivity contribution is 0.102. The SMILES string of the molecule is CNc1ccc(NC(=O)c2cc(OC)c(C)c(OC)c2)cn1.Cl. The molecule has 0 unspecified atom stereocenters. The fourth-order valence-corrected chi connectivity index (χ4v) is 2.04. The molecule has 0 spiro atoms. The molecule has 0 bridgehead atoms. The molecule has 0 atom stereocenters. The highest BCUT2D eigenvalue weighted by atomic mass is 35.5. The molecule has 0 aliphatic carbocycles. The summed E-state index contributed by atoms with van der Waals surface area (Å²) in [7, 11) is 4.90. The lowest BCUT2D eigenvalue weighted by atomic mass is 10.1. The van der Waals surface area contributed by atoms with E-state index in [0.717, 1.165) is 11.4 Å². The van der Waals surface area contributed by atoms with Crippen LogP contribution in [0.25, 0.3) is 0 Å². The van der Waals surface area contributed by atoms with Crippen LogP contribution in [0.5, 0.6) is 11.5 Å². The summed E-state index contributed by atoms with van der Waals surface area (Å²) in [6.07, 6.45) is 1.59. The smallest absolute Gasteiger partial charge is 0.255 e. The highest BCUT2D eigenvalue weighted by Crippen LogP contribution is 2.29. The average Bonchev–Trinajstić information content (AvgIpc) is 2.55. The van der Waals surface area contributed by atoms with Gasteiger partial charge in [0.05, 0.1) is 26.1 Å². The molecule has 0 aliphatic heterocycles. The van der Waals surface area contributed by atoms with E-state index in [-0.39, 0.29) is 18.3 Å². The van der Waals surface area contributed by atoms with Crippen molar-refractivity contribution < 1.29 is 14.3 Å². The maximum atomic E-state index is 12.4. The minimum atomic E-state index is -0.254. The van der Waals surface area contributed by atoms with E-state index in [2.05, 4.69) is 15.6 Å². The van der Waals surface area contributed by atoms with Crippen molar-refractivity contribution in [3.63, 3.8) is 0 Å². The van der Waals surface area contributed by atoms with Gasteiger partial charge in [0, 0.05) is 18.2 Å². The number of carbonyl (C=O) groups is 1. The molecule has 6 nitrogen and oxygen atoms in total. The van der Waals surface area contributed by atoms with Gasteiger partial charge in [0.2, 0.25) is 0 Å². The summed E-state index contributed by atoms with van der Waals surface area (Å²) in [5, 5.41) is 5.71. The quantitative estimate of drug-likeness (QED) is 0.877. The monoisotopic (exact) mass is 337 g/mol. The lowest BCUT2D eigenvalue weighted by Gasteiger charge is -2.12.